The highest BCUT2D eigenvalue weighted by Gasteiger charge is 2.42. The van der Waals surface area contributed by atoms with Crippen molar-refractivity contribution in [2.24, 2.45) is 0 Å². The number of amides is 1. The van der Waals surface area contributed by atoms with Gasteiger partial charge in [0.1, 0.15) is 11.4 Å². The number of benzene rings is 2. The summed E-state index contributed by atoms with van der Waals surface area (Å²) in [5.41, 5.74) is 1.86. The molecule has 0 bridgehead atoms. The summed E-state index contributed by atoms with van der Waals surface area (Å²) in [7, 11) is 3.17. The maximum atomic E-state index is 14.5. The van der Waals surface area contributed by atoms with Gasteiger partial charge >= 0.3 is 0 Å². The van der Waals surface area contributed by atoms with Gasteiger partial charge in [0.05, 0.1) is 40.8 Å². The molecule has 4 rings (SSSR count). The van der Waals surface area contributed by atoms with E-state index >= 15 is 0 Å². The third-order valence-electron chi connectivity index (χ3n) is 5.90. The predicted molar refractivity (Wildman–Crippen MR) is 130 cm³/mol. The zero-order chi connectivity index (χ0) is 24.6. The van der Waals surface area contributed by atoms with Gasteiger partial charge in [0.2, 0.25) is 0 Å². The Kier molecular flexibility index (Phi) is 6.69. The van der Waals surface area contributed by atoms with Crippen LogP contribution in [0.1, 0.15) is 35.6 Å². The Bertz CT molecular complexity index is 1230. The van der Waals surface area contributed by atoms with E-state index in [0.29, 0.717) is 28.9 Å². The van der Waals surface area contributed by atoms with Crippen LogP contribution in [0.15, 0.2) is 46.9 Å². The SMILES string of the molecule is COCc1c(Br)c(Nc2cccc(F)c2F)c2n1C(C)(C)CN(Cc1ccc(OC)cc1)C2=O. The van der Waals surface area contributed by atoms with Crippen molar-refractivity contribution in [3.63, 3.8) is 0 Å². The number of aromatic nitrogens is 1. The van der Waals surface area contributed by atoms with Gasteiger partial charge in [-0.25, -0.2) is 8.78 Å². The zero-order valence-electron chi connectivity index (χ0n) is 19.4. The third kappa shape index (κ3) is 4.30. The number of nitrogens with zero attached hydrogens (tertiary/aromatic N) is 2. The summed E-state index contributed by atoms with van der Waals surface area (Å²) in [4.78, 5) is 15.5. The lowest BCUT2D eigenvalue weighted by Crippen LogP contribution is -2.51. The summed E-state index contributed by atoms with van der Waals surface area (Å²) in [6.45, 7) is 5.14. The summed E-state index contributed by atoms with van der Waals surface area (Å²) in [6, 6.07) is 11.4. The molecule has 1 aliphatic heterocycles. The zero-order valence-corrected chi connectivity index (χ0v) is 21.0. The van der Waals surface area contributed by atoms with E-state index in [0.717, 1.165) is 23.1 Å². The summed E-state index contributed by atoms with van der Waals surface area (Å²) in [5, 5.41) is 2.95. The minimum absolute atomic E-state index is 0.0593. The van der Waals surface area contributed by atoms with Crippen molar-refractivity contribution < 1.29 is 23.0 Å². The van der Waals surface area contributed by atoms with Crippen LogP contribution in [0.5, 0.6) is 5.75 Å². The van der Waals surface area contributed by atoms with Crippen LogP contribution >= 0.6 is 15.9 Å². The lowest BCUT2D eigenvalue weighted by Gasteiger charge is -2.41. The molecule has 0 radical (unpaired) electrons. The molecule has 34 heavy (non-hydrogen) atoms. The topological polar surface area (TPSA) is 55.7 Å². The molecule has 0 aliphatic carbocycles. The number of methoxy groups -OCH3 is 2. The Morgan fingerprint density at radius 2 is 1.82 bits per heavy atom. The fourth-order valence-electron chi connectivity index (χ4n) is 4.42. The van der Waals surface area contributed by atoms with Crippen LogP contribution in [-0.4, -0.2) is 36.1 Å². The maximum Gasteiger partial charge on any atom is 0.273 e. The second kappa shape index (κ2) is 9.38. The van der Waals surface area contributed by atoms with Crippen LogP contribution in [0.25, 0.3) is 0 Å². The number of ether oxygens (including phenoxy) is 2. The molecule has 6 nitrogen and oxygen atoms in total. The minimum Gasteiger partial charge on any atom is -0.497 e. The van der Waals surface area contributed by atoms with Crippen LogP contribution in [0.2, 0.25) is 0 Å². The van der Waals surface area contributed by atoms with Crippen LogP contribution in [0.3, 0.4) is 0 Å². The third-order valence-corrected chi connectivity index (χ3v) is 6.76. The molecule has 1 aliphatic rings. The second-order valence-corrected chi connectivity index (χ2v) is 9.59. The number of carbonyl (C=O) groups is 1. The van der Waals surface area contributed by atoms with Gasteiger partial charge in [-0.3, -0.25) is 4.79 Å². The van der Waals surface area contributed by atoms with Crippen LogP contribution in [-0.2, 0) is 23.4 Å². The highest BCUT2D eigenvalue weighted by Crippen LogP contribution is 2.43. The highest BCUT2D eigenvalue weighted by atomic mass is 79.9. The molecular weight excluding hydrogens is 508 g/mol. The molecule has 0 saturated carbocycles. The Morgan fingerprint density at radius 3 is 2.47 bits per heavy atom. The lowest BCUT2D eigenvalue weighted by molar-refractivity contribution is 0.0564. The van der Waals surface area contributed by atoms with E-state index in [2.05, 4.69) is 21.2 Å². The largest absolute Gasteiger partial charge is 0.497 e. The minimum atomic E-state index is -1.01. The molecule has 1 amide bonds. The molecule has 9 heteroatoms. The molecule has 0 unspecified atom stereocenters. The molecule has 1 N–H and O–H groups in total. The standard InChI is InChI=1S/C25H26BrF2N3O3/c1-25(2)14-30(12-15-8-10-16(34-4)11-9-15)24(32)23-22(20(26)19(13-33-3)31(23)25)29-18-7-5-6-17(27)21(18)28/h5-11,29H,12-14H2,1-4H3. The van der Waals surface area contributed by atoms with Crippen molar-refractivity contribution in [2.45, 2.75) is 32.5 Å². The van der Waals surface area contributed by atoms with Crippen molar-refractivity contribution in [2.75, 3.05) is 26.1 Å². The van der Waals surface area contributed by atoms with Gasteiger partial charge < -0.3 is 24.3 Å². The Morgan fingerprint density at radius 1 is 1.12 bits per heavy atom. The van der Waals surface area contributed by atoms with Crippen molar-refractivity contribution in [3.05, 3.63) is 75.5 Å². The van der Waals surface area contributed by atoms with Gasteiger partial charge in [0.25, 0.3) is 5.91 Å². The Labute approximate surface area is 205 Å². The molecule has 0 fully saturated rings. The fourth-order valence-corrected chi connectivity index (χ4v) is 4.99. The first kappa shape index (κ1) is 24.2. The van der Waals surface area contributed by atoms with Crippen molar-refractivity contribution in [3.8, 4) is 5.75 Å². The fraction of sp³-hybridized carbons (Fsp3) is 0.320. The van der Waals surface area contributed by atoms with E-state index in [1.165, 1.54) is 12.1 Å². The van der Waals surface area contributed by atoms with Gasteiger partial charge in [0, 0.05) is 20.2 Å². The number of anilines is 2. The first-order chi connectivity index (χ1) is 16.2. The summed E-state index contributed by atoms with van der Waals surface area (Å²) in [6.07, 6.45) is 0. The van der Waals surface area contributed by atoms with Gasteiger partial charge in [0.15, 0.2) is 11.6 Å². The molecule has 0 atom stereocenters. The number of halogens is 3. The monoisotopic (exact) mass is 533 g/mol. The first-order valence-corrected chi connectivity index (χ1v) is 11.5. The van der Waals surface area contributed by atoms with E-state index in [1.807, 2.05) is 42.7 Å². The lowest BCUT2D eigenvalue weighted by atomic mass is 9.99. The summed E-state index contributed by atoms with van der Waals surface area (Å²) >= 11 is 3.58. The summed E-state index contributed by atoms with van der Waals surface area (Å²) in [5.74, 6) is -1.48. The normalized spacial score (nSPS) is 14.8. The Balaban J connectivity index is 1.80. The number of hydrogen-bond donors (Lipinski definition) is 1. The molecule has 1 aromatic heterocycles. The number of hydrogen-bond acceptors (Lipinski definition) is 4. The van der Waals surface area contributed by atoms with Crippen molar-refractivity contribution in [1.29, 1.82) is 0 Å². The van der Waals surface area contributed by atoms with Gasteiger partial charge in [-0.05, 0) is 59.6 Å². The molecular formula is C25H26BrF2N3O3. The number of nitrogens with one attached hydrogen (secondary N) is 1. The van der Waals surface area contributed by atoms with E-state index < -0.39 is 17.2 Å². The van der Waals surface area contributed by atoms with E-state index in [9.17, 15) is 13.6 Å². The second-order valence-electron chi connectivity index (χ2n) is 8.80. The number of rotatable bonds is 7. The summed E-state index contributed by atoms with van der Waals surface area (Å²) < 4.78 is 41.5. The maximum absolute atomic E-state index is 14.5. The number of fused-ring (bicyclic) bond motifs is 1. The van der Waals surface area contributed by atoms with E-state index in [4.69, 9.17) is 9.47 Å². The molecule has 180 valence electrons. The molecule has 3 aromatic rings. The van der Waals surface area contributed by atoms with E-state index in [-0.39, 0.29) is 18.2 Å². The van der Waals surface area contributed by atoms with Crippen molar-refractivity contribution in [1.82, 2.24) is 9.47 Å². The first-order valence-electron chi connectivity index (χ1n) is 10.7. The average molecular weight is 534 g/mol. The molecule has 2 aromatic carbocycles. The predicted octanol–water partition coefficient (Wildman–Crippen LogP) is 5.82. The average Bonchev–Trinajstić information content (AvgIpc) is 3.08. The molecule has 0 spiro atoms. The smallest absolute Gasteiger partial charge is 0.273 e. The van der Waals surface area contributed by atoms with Crippen LogP contribution in [0.4, 0.5) is 20.2 Å². The molecule has 2 heterocycles. The Hall–Kier alpha value is -2.91. The number of carbonyl (C=O) groups excluding carboxylic acids is 1. The highest BCUT2D eigenvalue weighted by molar-refractivity contribution is 9.10. The van der Waals surface area contributed by atoms with Crippen LogP contribution in [0, 0.1) is 11.6 Å². The van der Waals surface area contributed by atoms with Crippen molar-refractivity contribution >= 4 is 33.2 Å². The van der Waals surface area contributed by atoms with Gasteiger partial charge in [-0.2, -0.15) is 0 Å². The quantitative estimate of drug-likeness (QED) is 0.415. The van der Waals surface area contributed by atoms with Crippen LogP contribution < -0.4 is 10.1 Å². The molecule has 0 saturated heterocycles. The van der Waals surface area contributed by atoms with Gasteiger partial charge in [-0.1, -0.05) is 18.2 Å². The van der Waals surface area contributed by atoms with Gasteiger partial charge in [-0.15, -0.1) is 0 Å². The van der Waals surface area contributed by atoms with E-state index in [1.54, 1.807) is 19.1 Å².